The van der Waals surface area contributed by atoms with Crippen molar-refractivity contribution in [2.75, 3.05) is 17.7 Å². The minimum Gasteiger partial charge on any atom is -0.462 e. The van der Waals surface area contributed by atoms with Crippen LogP contribution in [0, 0.1) is 6.92 Å². The van der Waals surface area contributed by atoms with E-state index in [9.17, 15) is 9.59 Å². The Hall–Kier alpha value is -2.95. The fraction of sp³-hybridized carbons (Fsp3) is 0.333. The number of esters is 1. The number of rotatable bonds is 11. The van der Waals surface area contributed by atoms with E-state index in [1.54, 1.807) is 18.3 Å². The molecule has 0 radical (unpaired) electrons. The average Bonchev–Trinajstić information content (AvgIpc) is 3.60. The number of nitrogens with one attached hydrogen (secondary N) is 1. The number of hydrogen-bond donors (Lipinski definition) is 1. The van der Waals surface area contributed by atoms with E-state index in [0.717, 1.165) is 41.9 Å². The van der Waals surface area contributed by atoms with Gasteiger partial charge in [-0.2, -0.15) is 0 Å². The predicted octanol–water partition coefficient (Wildman–Crippen LogP) is 6.92. The fourth-order valence-corrected chi connectivity index (χ4v) is 6.78. The molecule has 3 aromatic heterocycles. The molecule has 0 saturated heterocycles. The number of carbonyl (C=O) groups is 2. The fourth-order valence-electron chi connectivity index (χ4n) is 4.10. The molecule has 0 aliphatic carbocycles. The van der Waals surface area contributed by atoms with Gasteiger partial charge in [-0.05, 0) is 37.8 Å². The lowest BCUT2D eigenvalue weighted by atomic mass is 10.0. The first-order valence-corrected chi connectivity index (χ1v) is 15.0. The van der Waals surface area contributed by atoms with E-state index in [1.165, 1.54) is 33.5 Å². The van der Waals surface area contributed by atoms with Gasteiger partial charge < -0.3 is 14.6 Å². The van der Waals surface area contributed by atoms with Crippen molar-refractivity contribution < 1.29 is 14.3 Å². The van der Waals surface area contributed by atoms with Gasteiger partial charge in [0.2, 0.25) is 5.91 Å². The molecular formula is C27H30N4O3S3. The maximum Gasteiger partial charge on any atom is 0.341 e. The number of carbonyl (C=O) groups excluding carboxylic acids is 2. The van der Waals surface area contributed by atoms with Gasteiger partial charge >= 0.3 is 5.97 Å². The van der Waals surface area contributed by atoms with Crippen LogP contribution in [0.15, 0.2) is 46.2 Å². The first kappa shape index (κ1) is 27.1. The molecule has 1 aromatic carbocycles. The number of aryl methyl sites for hydroxylation is 1. The highest BCUT2D eigenvalue weighted by Gasteiger charge is 2.24. The summed E-state index contributed by atoms with van der Waals surface area (Å²) in [6.07, 6.45) is 1.86. The highest BCUT2D eigenvalue weighted by Crippen LogP contribution is 2.37. The third-order valence-electron chi connectivity index (χ3n) is 5.80. The largest absolute Gasteiger partial charge is 0.462 e. The second kappa shape index (κ2) is 12.5. The molecule has 0 fully saturated rings. The van der Waals surface area contributed by atoms with Gasteiger partial charge in [0.25, 0.3) is 0 Å². The van der Waals surface area contributed by atoms with Gasteiger partial charge in [-0.3, -0.25) is 4.79 Å². The molecule has 3 heterocycles. The van der Waals surface area contributed by atoms with Crippen molar-refractivity contribution in [3.63, 3.8) is 0 Å². The monoisotopic (exact) mass is 554 g/mol. The summed E-state index contributed by atoms with van der Waals surface area (Å²) in [5.41, 5.74) is 4.44. The molecule has 0 saturated carbocycles. The van der Waals surface area contributed by atoms with Crippen LogP contribution in [0.2, 0.25) is 0 Å². The number of ether oxygens (including phenoxy) is 1. The number of anilines is 1. The molecule has 0 unspecified atom stereocenters. The average molecular weight is 555 g/mol. The SMILES string of the molecule is CCCn1c(SCC(=O)Nc2scc(-c3ccccc3)c2C(=O)OCC)nnc1-c1csc(C)c1CC. The Balaban J connectivity index is 1.53. The summed E-state index contributed by atoms with van der Waals surface area (Å²) in [5.74, 6) is 0.327. The summed E-state index contributed by atoms with van der Waals surface area (Å²) < 4.78 is 7.40. The van der Waals surface area contributed by atoms with Gasteiger partial charge in [-0.25, -0.2) is 4.79 Å². The first-order chi connectivity index (χ1) is 18.0. The standard InChI is InChI=1S/C27H30N4O3S3/c1-5-13-31-24(21-15-35-17(4)19(21)6-2)29-30-27(31)37-16-22(32)28-25-23(26(33)34-7-3)20(14-36-25)18-11-9-8-10-12-18/h8-12,14-15H,5-7,13,16H2,1-4H3,(H,28,32). The van der Waals surface area contributed by atoms with Crippen LogP contribution in [0.5, 0.6) is 0 Å². The number of thioether (sulfide) groups is 1. The van der Waals surface area contributed by atoms with E-state index in [0.29, 0.717) is 15.7 Å². The number of amides is 1. The molecule has 194 valence electrons. The highest BCUT2D eigenvalue weighted by atomic mass is 32.2. The second-order valence-corrected chi connectivity index (χ2v) is 11.2. The summed E-state index contributed by atoms with van der Waals surface area (Å²) in [4.78, 5) is 27.1. The van der Waals surface area contributed by atoms with E-state index in [4.69, 9.17) is 4.74 Å². The molecule has 1 N–H and O–H groups in total. The number of benzene rings is 1. The van der Waals surface area contributed by atoms with Crippen LogP contribution >= 0.6 is 34.4 Å². The van der Waals surface area contributed by atoms with Gasteiger partial charge in [0.05, 0.1) is 12.4 Å². The zero-order chi connectivity index (χ0) is 26.4. The van der Waals surface area contributed by atoms with Crippen molar-refractivity contribution in [3.8, 4) is 22.5 Å². The normalized spacial score (nSPS) is 11.0. The van der Waals surface area contributed by atoms with Crippen LogP contribution in [0.25, 0.3) is 22.5 Å². The van der Waals surface area contributed by atoms with Crippen molar-refractivity contribution in [1.29, 1.82) is 0 Å². The molecule has 4 rings (SSSR count). The molecule has 0 atom stereocenters. The van der Waals surface area contributed by atoms with Gasteiger partial charge in [-0.15, -0.1) is 32.9 Å². The van der Waals surface area contributed by atoms with E-state index < -0.39 is 5.97 Å². The Morgan fingerprint density at radius 2 is 1.81 bits per heavy atom. The van der Waals surface area contributed by atoms with E-state index in [1.807, 2.05) is 35.7 Å². The molecule has 4 aromatic rings. The Bertz CT molecular complexity index is 1370. The van der Waals surface area contributed by atoms with Crippen molar-refractivity contribution in [3.05, 3.63) is 57.1 Å². The summed E-state index contributed by atoms with van der Waals surface area (Å²) in [6.45, 7) is 9.18. The van der Waals surface area contributed by atoms with Crippen LogP contribution in [0.4, 0.5) is 5.00 Å². The lowest BCUT2D eigenvalue weighted by molar-refractivity contribution is -0.113. The summed E-state index contributed by atoms with van der Waals surface area (Å²) in [5, 5.41) is 17.0. The lowest BCUT2D eigenvalue weighted by Crippen LogP contribution is -2.17. The van der Waals surface area contributed by atoms with Crippen molar-refractivity contribution in [1.82, 2.24) is 14.8 Å². The van der Waals surface area contributed by atoms with Crippen molar-refractivity contribution >= 4 is 51.3 Å². The molecular weight excluding hydrogens is 525 g/mol. The minimum atomic E-state index is -0.448. The van der Waals surface area contributed by atoms with Crippen molar-refractivity contribution in [2.24, 2.45) is 0 Å². The molecule has 0 aliphatic rings. The minimum absolute atomic E-state index is 0.145. The Morgan fingerprint density at radius 3 is 2.51 bits per heavy atom. The molecule has 0 spiro atoms. The number of nitrogens with zero attached hydrogens (tertiary/aromatic N) is 3. The third-order valence-corrected chi connectivity index (χ3v) is 8.62. The summed E-state index contributed by atoms with van der Waals surface area (Å²) in [6, 6.07) is 9.62. The zero-order valence-electron chi connectivity index (χ0n) is 21.4. The molecule has 37 heavy (non-hydrogen) atoms. The zero-order valence-corrected chi connectivity index (χ0v) is 23.8. The number of hydrogen-bond acceptors (Lipinski definition) is 8. The quantitative estimate of drug-likeness (QED) is 0.160. The van der Waals surface area contributed by atoms with E-state index in [-0.39, 0.29) is 18.3 Å². The van der Waals surface area contributed by atoms with Gasteiger partial charge in [0.1, 0.15) is 10.6 Å². The third kappa shape index (κ3) is 5.97. The highest BCUT2D eigenvalue weighted by molar-refractivity contribution is 7.99. The van der Waals surface area contributed by atoms with Crippen LogP contribution in [-0.2, 0) is 22.5 Å². The maximum absolute atomic E-state index is 13.0. The number of aromatic nitrogens is 3. The Kier molecular flexibility index (Phi) is 9.18. The van der Waals surface area contributed by atoms with E-state index in [2.05, 4.69) is 46.2 Å². The molecule has 7 nitrogen and oxygen atoms in total. The second-order valence-electron chi connectivity index (χ2n) is 8.27. The van der Waals surface area contributed by atoms with Crippen LogP contribution in [-0.4, -0.2) is 39.0 Å². The summed E-state index contributed by atoms with van der Waals surface area (Å²) >= 11 is 4.39. The first-order valence-electron chi connectivity index (χ1n) is 12.3. The topological polar surface area (TPSA) is 86.1 Å². The maximum atomic E-state index is 13.0. The molecule has 0 aliphatic heterocycles. The van der Waals surface area contributed by atoms with Crippen LogP contribution in [0.1, 0.15) is 48.0 Å². The Morgan fingerprint density at radius 1 is 1.05 bits per heavy atom. The van der Waals surface area contributed by atoms with Gasteiger partial charge in [0, 0.05) is 33.3 Å². The van der Waals surface area contributed by atoms with Gasteiger partial charge in [-0.1, -0.05) is 55.9 Å². The lowest BCUT2D eigenvalue weighted by Gasteiger charge is -2.10. The smallest absolute Gasteiger partial charge is 0.341 e. The Labute approximate surface area is 229 Å². The van der Waals surface area contributed by atoms with Crippen molar-refractivity contribution in [2.45, 2.75) is 52.2 Å². The summed E-state index contributed by atoms with van der Waals surface area (Å²) in [7, 11) is 0. The number of thiophene rings is 2. The molecule has 0 bridgehead atoms. The van der Waals surface area contributed by atoms with Gasteiger partial charge in [0.15, 0.2) is 11.0 Å². The van der Waals surface area contributed by atoms with E-state index >= 15 is 0 Å². The molecule has 1 amide bonds. The van der Waals surface area contributed by atoms with Crippen LogP contribution in [0.3, 0.4) is 0 Å². The van der Waals surface area contributed by atoms with Crippen LogP contribution < -0.4 is 5.32 Å². The molecule has 10 heteroatoms. The predicted molar refractivity (Wildman–Crippen MR) is 153 cm³/mol.